The summed E-state index contributed by atoms with van der Waals surface area (Å²) in [6.07, 6.45) is -0.164. The molecule has 0 radical (unpaired) electrons. The molecule has 0 spiro atoms. The minimum Gasteiger partial charge on any atom is -0.378 e. The minimum atomic E-state index is -0.164. The zero-order valence-corrected chi connectivity index (χ0v) is 7.46. The number of methoxy groups -OCH3 is 1. The topological polar surface area (TPSA) is 27.7 Å². The molecule has 1 fully saturated rings. The molecule has 60 valence electrons. The van der Waals surface area contributed by atoms with E-state index in [0.29, 0.717) is 19.8 Å². The monoisotopic (exact) mass is 210 g/mol. The van der Waals surface area contributed by atoms with Crippen molar-refractivity contribution in [2.45, 2.75) is 11.1 Å². The molecule has 2 atom stereocenters. The van der Waals surface area contributed by atoms with Gasteiger partial charge in [0.1, 0.15) is 0 Å². The van der Waals surface area contributed by atoms with Gasteiger partial charge in [0.15, 0.2) is 6.29 Å². The third-order valence-electron chi connectivity index (χ3n) is 1.31. The van der Waals surface area contributed by atoms with Crippen LogP contribution in [0.1, 0.15) is 0 Å². The van der Waals surface area contributed by atoms with E-state index in [0.717, 1.165) is 0 Å². The Morgan fingerprint density at radius 3 is 3.00 bits per heavy atom. The van der Waals surface area contributed by atoms with E-state index < -0.39 is 0 Å². The maximum atomic E-state index is 5.27. The van der Waals surface area contributed by atoms with Crippen LogP contribution >= 0.6 is 15.9 Å². The molecular formula is C6H11BrO3. The Bertz CT molecular complexity index is 99.0. The molecule has 0 amide bonds. The first kappa shape index (κ1) is 8.46. The molecule has 1 unspecified atom stereocenters. The predicted octanol–water partition coefficient (Wildman–Crippen LogP) is 0.769. The van der Waals surface area contributed by atoms with Gasteiger partial charge in [-0.15, -0.1) is 0 Å². The van der Waals surface area contributed by atoms with Gasteiger partial charge >= 0.3 is 0 Å². The fraction of sp³-hybridized carbons (Fsp3) is 1.00. The summed E-state index contributed by atoms with van der Waals surface area (Å²) in [6, 6.07) is 0. The van der Waals surface area contributed by atoms with Crippen LogP contribution in [0.3, 0.4) is 0 Å². The minimum absolute atomic E-state index is 0.153. The molecule has 0 aliphatic carbocycles. The zero-order chi connectivity index (χ0) is 7.40. The molecular weight excluding hydrogens is 200 g/mol. The highest BCUT2D eigenvalue weighted by Crippen LogP contribution is 2.13. The second-order valence-corrected chi connectivity index (χ2v) is 3.24. The van der Waals surface area contributed by atoms with Crippen LogP contribution in [0.25, 0.3) is 0 Å². The van der Waals surface area contributed by atoms with E-state index in [1.54, 1.807) is 7.11 Å². The number of hydrogen-bond acceptors (Lipinski definition) is 3. The van der Waals surface area contributed by atoms with E-state index in [1.807, 2.05) is 0 Å². The van der Waals surface area contributed by atoms with E-state index in [4.69, 9.17) is 14.2 Å². The van der Waals surface area contributed by atoms with Crippen LogP contribution in [0.5, 0.6) is 0 Å². The van der Waals surface area contributed by atoms with Crippen LogP contribution in [0.15, 0.2) is 0 Å². The van der Waals surface area contributed by atoms with Gasteiger partial charge in [-0.2, -0.15) is 0 Å². The van der Waals surface area contributed by atoms with Gasteiger partial charge in [-0.1, -0.05) is 15.9 Å². The van der Waals surface area contributed by atoms with Gasteiger partial charge in [0.05, 0.1) is 24.6 Å². The second kappa shape index (κ2) is 4.28. The fourth-order valence-electron chi connectivity index (χ4n) is 0.818. The van der Waals surface area contributed by atoms with Crippen molar-refractivity contribution in [3.05, 3.63) is 0 Å². The van der Waals surface area contributed by atoms with Crippen molar-refractivity contribution in [2.75, 3.05) is 26.9 Å². The summed E-state index contributed by atoms with van der Waals surface area (Å²) in [5, 5.41) is 0. The van der Waals surface area contributed by atoms with E-state index in [2.05, 4.69) is 15.9 Å². The zero-order valence-electron chi connectivity index (χ0n) is 5.88. The lowest BCUT2D eigenvalue weighted by Crippen LogP contribution is -2.27. The van der Waals surface area contributed by atoms with Gasteiger partial charge in [0, 0.05) is 7.11 Å². The molecule has 0 N–H and O–H groups in total. The lowest BCUT2D eigenvalue weighted by Gasteiger charge is -2.16. The highest BCUT2D eigenvalue weighted by Gasteiger charge is 2.21. The Morgan fingerprint density at radius 2 is 2.30 bits per heavy atom. The van der Waals surface area contributed by atoms with Crippen molar-refractivity contribution in [3.63, 3.8) is 0 Å². The molecule has 4 heteroatoms. The Balaban J connectivity index is 2.35. The molecule has 0 aromatic heterocycles. The van der Waals surface area contributed by atoms with Crippen LogP contribution in [-0.2, 0) is 14.2 Å². The molecule has 0 saturated carbocycles. The summed E-state index contributed by atoms with van der Waals surface area (Å²) in [5.41, 5.74) is 0. The molecule has 1 heterocycles. The molecule has 1 saturated heterocycles. The van der Waals surface area contributed by atoms with Crippen molar-refractivity contribution >= 4 is 15.9 Å². The highest BCUT2D eigenvalue weighted by atomic mass is 79.9. The SMILES string of the molecule is COC1OCCOC[C@H]1Br. The Labute approximate surface area is 68.8 Å². The van der Waals surface area contributed by atoms with Crippen molar-refractivity contribution in [1.29, 1.82) is 0 Å². The standard InChI is InChI=1S/C6H11BrO3/c1-8-6-5(7)4-9-2-3-10-6/h5-6H,2-4H2,1H3/t5-,6?/m1/s1. The summed E-state index contributed by atoms with van der Waals surface area (Å²) >= 11 is 3.39. The smallest absolute Gasteiger partial charge is 0.171 e. The van der Waals surface area contributed by atoms with Gasteiger partial charge in [-0.25, -0.2) is 0 Å². The molecule has 0 bridgehead atoms. The number of rotatable bonds is 1. The van der Waals surface area contributed by atoms with Crippen LogP contribution in [-0.4, -0.2) is 38.0 Å². The van der Waals surface area contributed by atoms with Gasteiger partial charge in [0.2, 0.25) is 0 Å². The van der Waals surface area contributed by atoms with Crippen LogP contribution in [0.4, 0.5) is 0 Å². The number of alkyl halides is 1. The van der Waals surface area contributed by atoms with Crippen molar-refractivity contribution < 1.29 is 14.2 Å². The van der Waals surface area contributed by atoms with Gasteiger partial charge in [-0.05, 0) is 0 Å². The normalized spacial score (nSPS) is 35.4. The van der Waals surface area contributed by atoms with Crippen molar-refractivity contribution in [3.8, 4) is 0 Å². The third-order valence-corrected chi connectivity index (χ3v) is 2.01. The summed E-state index contributed by atoms with van der Waals surface area (Å²) < 4.78 is 15.5. The molecule has 1 aliphatic heterocycles. The van der Waals surface area contributed by atoms with E-state index in [-0.39, 0.29) is 11.1 Å². The fourth-order valence-corrected chi connectivity index (χ4v) is 1.37. The predicted molar refractivity (Wildman–Crippen MR) is 40.3 cm³/mol. The van der Waals surface area contributed by atoms with Crippen molar-refractivity contribution in [1.82, 2.24) is 0 Å². The Hall–Kier alpha value is 0.360. The average Bonchev–Trinajstić information content (AvgIpc) is 2.13. The Morgan fingerprint density at radius 1 is 1.50 bits per heavy atom. The molecule has 3 nitrogen and oxygen atoms in total. The number of ether oxygens (including phenoxy) is 3. The first-order chi connectivity index (χ1) is 4.84. The van der Waals surface area contributed by atoms with Crippen LogP contribution in [0, 0.1) is 0 Å². The molecule has 10 heavy (non-hydrogen) atoms. The Kier molecular flexibility index (Phi) is 3.62. The largest absolute Gasteiger partial charge is 0.378 e. The lowest BCUT2D eigenvalue weighted by molar-refractivity contribution is -0.113. The number of halogens is 1. The summed E-state index contributed by atoms with van der Waals surface area (Å²) in [6.45, 7) is 1.92. The van der Waals surface area contributed by atoms with Gasteiger partial charge in [-0.3, -0.25) is 0 Å². The quantitative estimate of drug-likeness (QED) is 0.599. The van der Waals surface area contributed by atoms with Gasteiger partial charge < -0.3 is 14.2 Å². The number of hydrogen-bond donors (Lipinski definition) is 0. The maximum absolute atomic E-state index is 5.27. The molecule has 1 aliphatic rings. The summed E-state index contributed by atoms with van der Waals surface area (Å²) in [7, 11) is 1.63. The molecule has 0 aromatic rings. The van der Waals surface area contributed by atoms with E-state index in [1.165, 1.54) is 0 Å². The molecule has 1 rings (SSSR count). The highest BCUT2D eigenvalue weighted by molar-refractivity contribution is 9.09. The second-order valence-electron chi connectivity index (χ2n) is 2.07. The van der Waals surface area contributed by atoms with Crippen molar-refractivity contribution in [2.24, 2.45) is 0 Å². The van der Waals surface area contributed by atoms with Crippen LogP contribution < -0.4 is 0 Å². The first-order valence-electron chi connectivity index (χ1n) is 3.21. The summed E-state index contributed by atoms with van der Waals surface area (Å²) in [5.74, 6) is 0. The van der Waals surface area contributed by atoms with E-state index in [9.17, 15) is 0 Å². The first-order valence-corrected chi connectivity index (χ1v) is 4.12. The maximum Gasteiger partial charge on any atom is 0.171 e. The molecule has 0 aromatic carbocycles. The van der Waals surface area contributed by atoms with Crippen LogP contribution in [0.2, 0.25) is 0 Å². The average molecular weight is 211 g/mol. The van der Waals surface area contributed by atoms with E-state index >= 15 is 0 Å². The lowest BCUT2D eigenvalue weighted by atomic mass is 10.4. The van der Waals surface area contributed by atoms with Gasteiger partial charge in [0.25, 0.3) is 0 Å². The summed E-state index contributed by atoms with van der Waals surface area (Å²) in [4.78, 5) is 0.153. The third kappa shape index (κ3) is 2.20.